The fraction of sp³-hybridized carbons (Fsp3) is 0.571. The minimum Gasteiger partial charge on any atom is -0.344 e. The van der Waals surface area contributed by atoms with Gasteiger partial charge in [-0.05, 0) is 44.5 Å². The third-order valence-corrected chi connectivity index (χ3v) is 4.27. The van der Waals surface area contributed by atoms with Gasteiger partial charge in [0.15, 0.2) is 0 Å². The number of nitrogens with zero attached hydrogens (tertiary/aromatic N) is 2. The number of alkyl halides is 2. The van der Waals surface area contributed by atoms with Crippen LogP contribution < -0.4 is 5.32 Å². The van der Waals surface area contributed by atoms with Gasteiger partial charge in [0, 0.05) is 12.7 Å². The number of carbonyl (C=O) groups excluding carboxylic acids is 1. The topological polar surface area (TPSA) is 45.2 Å². The average molecular weight is 316 g/mol. The number of hydrogen-bond donors (Lipinski definition) is 1. The zero-order valence-electron chi connectivity index (χ0n) is 11.4. The second-order valence-corrected chi connectivity index (χ2v) is 6.24. The number of amides is 1. The van der Waals surface area contributed by atoms with E-state index < -0.39 is 23.1 Å². The summed E-state index contributed by atoms with van der Waals surface area (Å²) in [4.78, 5) is 17.7. The van der Waals surface area contributed by atoms with Gasteiger partial charge >= 0.3 is 5.92 Å². The van der Waals surface area contributed by atoms with Gasteiger partial charge in [-0.3, -0.25) is 9.78 Å². The van der Waals surface area contributed by atoms with E-state index in [1.165, 1.54) is 6.07 Å². The van der Waals surface area contributed by atoms with Crippen LogP contribution in [0.1, 0.15) is 25.0 Å². The molecule has 114 valence electrons. The van der Waals surface area contributed by atoms with Crippen LogP contribution in [0.2, 0.25) is 5.02 Å². The minimum absolute atomic E-state index is 0.256. The Kier molecular flexibility index (Phi) is 3.61. The molecule has 4 nitrogen and oxygen atoms in total. The molecule has 7 heteroatoms. The Balaban J connectivity index is 1.67. The SMILES string of the molecule is O=C(NC1(CN2CCC2)CC1)C(F)(F)c1ccc(Cl)cn1. The molecule has 1 N–H and O–H groups in total. The molecule has 1 aromatic rings. The van der Waals surface area contributed by atoms with Crippen molar-refractivity contribution in [2.45, 2.75) is 30.7 Å². The maximum Gasteiger partial charge on any atom is 0.366 e. The predicted octanol–water partition coefficient (Wildman–Crippen LogP) is 2.18. The molecule has 1 saturated carbocycles. The smallest absolute Gasteiger partial charge is 0.344 e. The van der Waals surface area contributed by atoms with Crippen LogP contribution in [-0.2, 0) is 10.7 Å². The van der Waals surface area contributed by atoms with E-state index in [0.29, 0.717) is 6.54 Å². The Hall–Kier alpha value is -1.27. The lowest BCUT2D eigenvalue weighted by Gasteiger charge is -2.35. The molecule has 0 radical (unpaired) electrons. The first-order valence-corrected chi connectivity index (χ1v) is 7.34. The largest absolute Gasteiger partial charge is 0.366 e. The molecule has 1 aliphatic carbocycles. The summed E-state index contributed by atoms with van der Waals surface area (Å²) in [5.74, 6) is -4.93. The Bertz CT molecular complexity index is 542. The van der Waals surface area contributed by atoms with Crippen molar-refractivity contribution in [3.8, 4) is 0 Å². The predicted molar refractivity (Wildman–Crippen MR) is 74.3 cm³/mol. The molecule has 0 bridgehead atoms. The first kappa shape index (κ1) is 14.7. The van der Waals surface area contributed by atoms with Crippen molar-refractivity contribution >= 4 is 17.5 Å². The normalized spacial score (nSPS) is 20.7. The highest BCUT2D eigenvalue weighted by molar-refractivity contribution is 6.30. The number of halogens is 3. The molecule has 3 rings (SSSR count). The molecule has 2 heterocycles. The van der Waals surface area contributed by atoms with E-state index >= 15 is 0 Å². The number of carbonyl (C=O) groups is 1. The van der Waals surface area contributed by atoms with Crippen LogP contribution in [-0.4, -0.2) is 41.0 Å². The minimum atomic E-state index is -3.64. The van der Waals surface area contributed by atoms with Crippen molar-refractivity contribution in [1.82, 2.24) is 15.2 Å². The van der Waals surface area contributed by atoms with Gasteiger partial charge in [0.2, 0.25) is 0 Å². The zero-order valence-corrected chi connectivity index (χ0v) is 12.2. The number of likely N-dealkylation sites (tertiary alicyclic amines) is 1. The monoisotopic (exact) mass is 315 g/mol. The summed E-state index contributed by atoms with van der Waals surface area (Å²) < 4.78 is 28.3. The van der Waals surface area contributed by atoms with Crippen LogP contribution in [0, 0.1) is 0 Å². The fourth-order valence-electron chi connectivity index (χ4n) is 2.44. The van der Waals surface area contributed by atoms with Gasteiger partial charge in [-0.25, -0.2) is 0 Å². The van der Waals surface area contributed by atoms with Crippen LogP contribution >= 0.6 is 11.6 Å². The Morgan fingerprint density at radius 2 is 2.14 bits per heavy atom. The first-order chi connectivity index (χ1) is 9.91. The van der Waals surface area contributed by atoms with Crippen molar-refractivity contribution in [3.63, 3.8) is 0 Å². The highest BCUT2D eigenvalue weighted by Crippen LogP contribution is 2.39. The van der Waals surface area contributed by atoms with Gasteiger partial charge in [-0.15, -0.1) is 0 Å². The number of hydrogen-bond acceptors (Lipinski definition) is 3. The second-order valence-electron chi connectivity index (χ2n) is 5.80. The van der Waals surface area contributed by atoms with Gasteiger partial charge < -0.3 is 10.2 Å². The standard InChI is InChI=1S/C14H16ClF2N3O/c15-10-2-3-11(18-8-10)14(16,17)12(21)19-13(4-5-13)9-20-6-1-7-20/h2-3,8H,1,4-7,9H2,(H,19,21). The van der Waals surface area contributed by atoms with Crippen LogP contribution in [0.15, 0.2) is 18.3 Å². The number of nitrogens with one attached hydrogen (secondary N) is 1. The number of rotatable bonds is 5. The maximum atomic E-state index is 14.1. The maximum absolute atomic E-state index is 14.1. The van der Waals surface area contributed by atoms with Gasteiger partial charge in [-0.2, -0.15) is 8.78 Å². The zero-order chi connectivity index (χ0) is 15.1. The van der Waals surface area contributed by atoms with E-state index in [-0.39, 0.29) is 5.02 Å². The van der Waals surface area contributed by atoms with E-state index in [0.717, 1.165) is 44.6 Å². The molecule has 0 atom stereocenters. The summed E-state index contributed by atoms with van der Waals surface area (Å²) >= 11 is 5.62. The molecule has 1 aromatic heterocycles. The highest BCUT2D eigenvalue weighted by Gasteiger charge is 2.51. The van der Waals surface area contributed by atoms with Gasteiger partial charge in [0.1, 0.15) is 5.69 Å². The summed E-state index contributed by atoms with van der Waals surface area (Å²) in [6.45, 7) is 2.61. The lowest BCUT2D eigenvalue weighted by atomic mass is 10.1. The quantitative estimate of drug-likeness (QED) is 0.906. The van der Waals surface area contributed by atoms with Crippen LogP contribution in [0.3, 0.4) is 0 Å². The molecule has 0 unspecified atom stereocenters. The summed E-state index contributed by atoms with van der Waals surface area (Å²) in [7, 11) is 0. The summed E-state index contributed by atoms with van der Waals surface area (Å²) in [5.41, 5.74) is -1.06. The van der Waals surface area contributed by atoms with Crippen LogP contribution in [0.5, 0.6) is 0 Å². The Labute approximate surface area is 126 Å². The van der Waals surface area contributed by atoms with Crippen molar-refractivity contribution in [3.05, 3.63) is 29.0 Å². The molecule has 0 aromatic carbocycles. The molecule has 1 aliphatic heterocycles. The summed E-state index contributed by atoms with van der Waals surface area (Å²) in [5, 5.41) is 2.77. The van der Waals surface area contributed by atoms with E-state index in [1.54, 1.807) is 0 Å². The Morgan fingerprint density at radius 1 is 1.43 bits per heavy atom. The fourth-order valence-corrected chi connectivity index (χ4v) is 2.55. The second kappa shape index (κ2) is 5.18. The van der Waals surface area contributed by atoms with E-state index in [2.05, 4.69) is 15.2 Å². The van der Waals surface area contributed by atoms with Gasteiger partial charge in [0.05, 0.1) is 10.6 Å². The third kappa shape index (κ3) is 3.01. The summed E-state index contributed by atoms with van der Waals surface area (Å²) in [6.07, 6.45) is 3.75. The number of pyridine rings is 1. The van der Waals surface area contributed by atoms with Crippen molar-refractivity contribution in [1.29, 1.82) is 0 Å². The van der Waals surface area contributed by atoms with E-state index in [1.807, 2.05) is 0 Å². The van der Waals surface area contributed by atoms with Gasteiger partial charge in [0.25, 0.3) is 5.91 Å². The highest BCUT2D eigenvalue weighted by atomic mass is 35.5. The lowest BCUT2D eigenvalue weighted by Crippen LogP contribution is -2.53. The molecule has 2 aliphatic rings. The average Bonchev–Trinajstić information content (AvgIpc) is 3.15. The third-order valence-electron chi connectivity index (χ3n) is 4.04. The van der Waals surface area contributed by atoms with Crippen LogP contribution in [0.25, 0.3) is 0 Å². The molecular weight excluding hydrogens is 300 g/mol. The lowest BCUT2D eigenvalue weighted by molar-refractivity contribution is -0.149. The molecule has 2 fully saturated rings. The van der Waals surface area contributed by atoms with Crippen LogP contribution in [0.4, 0.5) is 8.78 Å². The summed E-state index contributed by atoms with van der Waals surface area (Å²) in [6, 6.07) is 2.38. The molecule has 0 spiro atoms. The molecule has 1 saturated heterocycles. The molecular formula is C14H16ClF2N3O. The van der Waals surface area contributed by atoms with Crippen molar-refractivity contribution in [2.75, 3.05) is 19.6 Å². The molecule has 21 heavy (non-hydrogen) atoms. The van der Waals surface area contributed by atoms with Gasteiger partial charge in [-0.1, -0.05) is 11.6 Å². The first-order valence-electron chi connectivity index (χ1n) is 6.96. The van der Waals surface area contributed by atoms with Crippen molar-refractivity contribution in [2.24, 2.45) is 0 Å². The van der Waals surface area contributed by atoms with E-state index in [9.17, 15) is 13.6 Å². The Morgan fingerprint density at radius 3 is 2.62 bits per heavy atom. The molecule has 1 amide bonds. The number of aromatic nitrogens is 1. The van der Waals surface area contributed by atoms with E-state index in [4.69, 9.17) is 11.6 Å². The van der Waals surface area contributed by atoms with Crippen molar-refractivity contribution < 1.29 is 13.6 Å².